The molecule has 0 aliphatic carbocycles. The molecule has 6 heteroatoms. The number of hydrazone groups is 1. The van der Waals surface area contributed by atoms with E-state index in [2.05, 4.69) is 38.4 Å². The highest BCUT2D eigenvalue weighted by Crippen LogP contribution is 2.21. The van der Waals surface area contributed by atoms with E-state index in [4.69, 9.17) is 0 Å². The predicted molar refractivity (Wildman–Crippen MR) is 105 cm³/mol. The van der Waals surface area contributed by atoms with Gasteiger partial charge in [-0.05, 0) is 49.2 Å². The topological polar surface area (TPSA) is 73.7 Å². The highest BCUT2D eigenvalue weighted by molar-refractivity contribution is 9.10. The Morgan fingerprint density at radius 2 is 2.04 bits per heavy atom. The van der Waals surface area contributed by atoms with Gasteiger partial charge in [0.2, 0.25) is 0 Å². The Bertz CT molecular complexity index is 773. The Kier molecular flexibility index (Phi) is 6.77. The number of allylic oxidation sites excluding steroid dienone is 1. The van der Waals surface area contributed by atoms with Gasteiger partial charge in [-0.2, -0.15) is 5.10 Å². The van der Waals surface area contributed by atoms with Crippen molar-refractivity contribution in [2.75, 3.05) is 5.32 Å². The molecule has 1 unspecified atom stereocenters. The van der Waals surface area contributed by atoms with Crippen LogP contribution in [0.15, 0.2) is 64.7 Å². The number of rotatable bonds is 7. The normalized spacial score (nSPS) is 11.9. The average Bonchev–Trinajstić information content (AvgIpc) is 2.60. The summed E-state index contributed by atoms with van der Waals surface area (Å²) in [6.45, 7) is 5.40. The van der Waals surface area contributed by atoms with E-state index in [1.165, 1.54) is 6.21 Å². The third-order valence-corrected chi connectivity index (χ3v) is 4.04. The lowest BCUT2D eigenvalue weighted by atomic mass is 10.1. The summed E-state index contributed by atoms with van der Waals surface area (Å²) in [5.74, 6) is -0.137. The van der Waals surface area contributed by atoms with Gasteiger partial charge in [0, 0.05) is 15.7 Å². The summed E-state index contributed by atoms with van der Waals surface area (Å²) >= 11 is 3.37. The first-order valence-electron chi connectivity index (χ1n) is 7.78. The van der Waals surface area contributed by atoms with E-state index in [1.807, 2.05) is 36.4 Å². The van der Waals surface area contributed by atoms with E-state index in [0.717, 1.165) is 15.7 Å². The molecule has 3 N–H and O–H groups in total. The molecule has 0 heterocycles. The van der Waals surface area contributed by atoms with E-state index in [-0.39, 0.29) is 11.7 Å². The number of halogens is 1. The number of phenolic OH excluding ortho intramolecular Hbond substituents is 1. The Balaban J connectivity index is 1.94. The number of hydrogen-bond donors (Lipinski definition) is 3. The Morgan fingerprint density at radius 1 is 1.32 bits per heavy atom. The first-order chi connectivity index (χ1) is 12.0. The van der Waals surface area contributed by atoms with Crippen LogP contribution in [-0.2, 0) is 11.2 Å². The lowest BCUT2D eigenvalue weighted by Gasteiger charge is -2.13. The van der Waals surface area contributed by atoms with E-state index in [1.54, 1.807) is 19.1 Å². The maximum Gasteiger partial charge on any atom is 0.262 e. The second-order valence-corrected chi connectivity index (χ2v) is 6.37. The molecular formula is C19H20BrN3O2. The Morgan fingerprint density at radius 3 is 2.72 bits per heavy atom. The minimum atomic E-state index is -0.459. The SMILES string of the molecule is C=CCc1cccc(/C=N/NC(=O)C(C)Nc2ccc(Br)cc2)c1O. The molecule has 0 saturated carbocycles. The molecule has 0 bridgehead atoms. The number of carbonyl (C=O) groups is 1. The number of carbonyl (C=O) groups excluding carboxylic acids is 1. The molecule has 0 fully saturated rings. The number of benzene rings is 2. The maximum atomic E-state index is 12.1. The van der Waals surface area contributed by atoms with Gasteiger partial charge in [0.1, 0.15) is 11.8 Å². The van der Waals surface area contributed by atoms with Crippen LogP contribution in [0.2, 0.25) is 0 Å². The van der Waals surface area contributed by atoms with Gasteiger partial charge in [0.15, 0.2) is 0 Å². The van der Waals surface area contributed by atoms with Crippen LogP contribution in [-0.4, -0.2) is 23.3 Å². The van der Waals surface area contributed by atoms with E-state index < -0.39 is 6.04 Å². The number of nitrogens with one attached hydrogen (secondary N) is 2. The molecule has 0 spiro atoms. The fraction of sp³-hybridized carbons (Fsp3) is 0.158. The van der Waals surface area contributed by atoms with Crippen LogP contribution in [0.4, 0.5) is 5.69 Å². The molecule has 0 saturated heterocycles. The summed E-state index contributed by atoms with van der Waals surface area (Å²) in [7, 11) is 0. The van der Waals surface area contributed by atoms with Gasteiger partial charge in [-0.1, -0.05) is 34.1 Å². The number of anilines is 1. The average molecular weight is 402 g/mol. The third-order valence-electron chi connectivity index (χ3n) is 3.51. The van der Waals surface area contributed by atoms with E-state index in [0.29, 0.717) is 12.0 Å². The van der Waals surface area contributed by atoms with Gasteiger partial charge in [0.25, 0.3) is 5.91 Å². The third kappa shape index (κ3) is 5.46. The van der Waals surface area contributed by atoms with Crippen molar-refractivity contribution in [1.82, 2.24) is 5.43 Å². The van der Waals surface area contributed by atoms with Crippen LogP contribution in [0.5, 0.6) is 5.75 Å². The van der Waals surface area contributed by atoms with Crippen LogP contribution < -0.4 is 10.7 Å². The molecule has 130 valence electrons. The zero-order valence-electron chi connectivity index (χ0n) is 13.9. The molecule has 2 aromatic carbocycles. The van der Waals surface area contributed by atoms with Crippen molar-refractivity contribution in [3.8, 4) is 5.75 Å². The fourth-order valence-corrected chi connectivity index (χ4v) is 2.42. The lowest BCUT2D eigenvalue weighted by Crippen LogP contribution is -2.34. The molecule has 0 aliphatic rings. The second kappa shape index (κ2) is 9.03. The van der Waals surface area contributed by atoms with Gasteiger partial charge >= 0.3 is 0 Å². The highest BCUT2D eigenvalue weighted by atomic mass is 79.9. The van der Waals surface area contributed by atoms with Crippen LogP contribution >= 0.6 is 15.9 Å². The van der Waals surface area contributed by atoms with Gasteiger partial charge in [-0.15, -0.1) is 6.58 Å². The van der Waals surface area contributed by atoms with Crippen molar-refractivity contribution in [1.29, 1.82) is 0 Å². The number of para-hydroxylation sites is 1. The Labute approximate surface area is 155 Å². The summed E-state index contributed by atoms with van der Waals surface area (Å²) in [6, 6.07) is 12.4. The smallest absolute Gasteiger partial charge is 0.262 e. The first kappa shape index (κ1) is 18.7. The van der Waals surface area contributed by atoms with Crippen molar-refractivity contribution in [3.63, 3.8) is 0 Å². The van der Waals surface area contributed by atoms with Gasteiger partial charge < -0.3 is 10.4 Å². The summed E-state index contributed by atoms with van der Waals surface area (Å²) in [5, 5.41) is 17.2. The standard InChI is InChI=1S/C19H20BrN3O2/c1-3-5-14-6-4-7-15(18(14)24)12-21-23-19(25)13(2)22-17-10-8-16(20)9-11-17/h3-4,6-13,22,24H,1,5H2,2H3,(H,23,25)/b21-12+. The molecule has 0 radical (unpaired) electrons. The lowest BCUT2D eigenvalue weighted by molar-refractivity contribution is -0.121. The largest absolute Gasteiger partial charge is 0.507 e. The first-order valence-corrected chi connectivity index (χ1v) is 8.57. The number of aromatic hydroxyl groups is 1. The van der Waals surface area contributed by atoms with Crippen molar-refractivity contribution >= 4 is 33.7 Å². The van der Waals surface area contributed by atoms with E-state index >= 15 is 0 Å². The molecule has 0 aliphatic heterocycles. The van der Waals surface area contributed by atoms with Crippen molar-refractivity contribution in [2.45, 2.75) is 19.4 Å². The van der Waals surface area contributed by atoms with Gasteiger partial charge in [-0.25, -0.2) is 5.43 Å². The molecule has 1 atom stereocenters. The van der Waals surface area contributed by atoms with Crippen LogP contribution in [0.3, 0.4) is 0 Å². The fourth-order valence-electron chi connectivity index (χ4n) is 2.16. The number of hydrogen-bond acceptors (Lipinski definition) is 4. The quantitative estimate of drug-likeness (QED) is 0.374. The minimum absolute atomic E-state index is 0.140. The minimum Gasteiger partial charge on any atom is -0.507 e. The molecular weight excluding hydrogens is 382 g/mol. The van der Waals surface area contributed by atoms with Crippen molar-refractivity contribution in [2.24, 2.45) is 5.10 Å². The molecule has 2 aromatic rings. The predicted octanol–water partition coefficient (Wildman–Crippen LogP) is 3.83. The Hall–Kier alpha value is -2.60. The van der Waals surface area contributed by atoms with Crippen molar-refractivity contribution in [3.05, 3.63) is 70.7 Å². The molecule has 25 heavy (non-hydrogen) atoms. The summed E-state index contributed by atoms with van der Waals surface area (Å²) < 4.78 is 0.971. The zero-order valence-corrected chi connectivity index (χ0v) is 15.5. The molecule has 1 amide bonds. The number of phenols is 1. The summed E-state index contributed by atoms with van der Waals surface area (Å²) in [5.41, 5.74) is 4.60. The van der Waals surface area contributed by atoms with Crippen LogP contribution in [0.1, 0.15) is 18.1 Å². The zero-order chi connectivity index (χ0) is 18.2. The molecule has 5 nitrogen and oxygen atoms in total. The van der Waals surface area contributed by atoms with Gasteiger partial charge in [-0.3, -0.25) is 4.79 Å². The summed E-state index contributed by atoms with van der Waals surface area (Å²) in [4.78, 5) is 12.1. The number of amides is 1. The maximum absolute atomic E-state index is 12.1. The summed E-state index contributed by atoms with van der Waals surface area (Å²) in [6.07, 6.45) is 3.70. The highest BCUT2D eigenvalue weighted by Gasteiger charge is 2.11. The number of nitrogens with zero attached hydrogens (tertiary/aromatic N) is 1. The molecule has 2 rings (SSSR count). The monoisotopic (exact) mass is 401 g/mol. The van der Waals surface area contributed by atoms with Crippen molar-refractivity contribution < 1.29 is 9.90 Å². The van der Waals surface area contributed by atoms with Crippen LogP contribution in [0.25, 0.3) is 0 Å². The molecule has 0 aromatic heterocycles. The van der Waals surface area contributed by atoms with E-state index in [9.17, 15) is 9.90 Å². The van der Waals surface area contributed by atoms with Gasteiger partial charge in [0.05, 0.1) is 6.21 Å². The second-order valence-electron chi connectivity index (χ2n) is 5.45. The van der Waals surface area contributed by atoms with Crippen LogP contribution in [0, 0.1) is 0 Å².